The number of hydrogen-bond donors (Lipinski definition) is 1. The molecule has 1 aromatic rings. The minimum Gasteiger partial charge on any atom is -0.349 e. The van der Waals surface area contributed by atoms with Crippen LogP contribution in [0.2, 0.25) is 0 Å². The molecule has 1 aliphatic heterocycles. The number of hydrogen-bond acceptors (Lipinski definition) is 1. The molecule has 1 unspecified atom stereocenters. The Hall–Kier alpha value is -1.31. The number of amides is 1. The Labute approximate surface area is 90.7 Å². The third-order valence-corrected chi connectivity index (χ3v) is 3.18. The van der Waals surface area contributed by atoms with Crippen LogP contribution in [0, 0.1) is 11.8 Å². The van der Waals surface area contributed by atoms with Crippen molar-refractivity contribution in [3.8, 4) is 0 Å². The van der Waals surface area contributed by atoms with Gasteiger partial charge in [-0.15, -0.1) is 0 Å². The van der Waals surface area contributed by atoms with Crippen molar-refractivity contribution in [1.29, 1.82) is 0 Å². The minimum atomic E-state index is 0.183. The van der Waals surface area contributed by atoms with Crippen LogP contribution in [0.1, 0.15) is 31.9 Å². The highest BCUT2D eigenvalue weighted by molar-refractivity contribution is 5.79. The van der Waals surface area contributed by atoms with E-state index in [1.165, 1.54) is 5.56 Å². The van der Waals surface area contributed by atoms with Crippen molar-refractivity contribution in [2.24, 2.45) is 11.8 Å². The van der Waals surface area contributed by atoms with Gasteiger partial charge < -0.3 is 5.32 Å². The lowest BCUT2D eigenvalue weighted by atomic mass is 9.85. The standard InChI is InChI=1S/C13H17NO/c1-9(2)11-8-12(15)14-13(11)10-6-4-3-5-7-10/h3-7,9,11,13H,8H2,1-2H3,(H,14,15)/t11?,13-/m0/s1. The average molecular weight is 203 g/mol. The first-order chi connectivity index (χ1) is 7.18. The van der Waals surface area contributed by atoms with Gasteiger partial charge in [-0.1, -0.05) is 44.2 Å². The van der Waals surface area contributed by atoms with Crippen LogP contribution in [0.25, 0.3) is 0 Å². The largest absolute Gasteiger partial charge is 0.349 e. The lowest BCUT2D eigenvalue weighted by molar-refractivity contribution is -0.119. The molecule has 0 radical (unpaired) electrons. The van der Waals surface area contributed by atoms with Gasteiger partial charge in [0.05, 0.1) is 6.04 Å². The summed E-state index contributed by atoms with van der Waals surface area (Å²) in [6, 6.07) is 10.4. The summed E-state index contributed by atoms with van der Waals surface area (Å²) in [5.74, 6) is 1.15. The van der Waals surface area contributed by atoms with Gasteiger partial charge in [0, 0.05) is 6.42 Å². The normalized spacial score (nSPS) is 25.7. The third-order valence-electron chi connectivity index (χ3n) is 3.18. The Balaban J connectivity index is 2.24. The molecule has 0 bridgehead atoms. The molecule has 2 rings (SSSR count). The summed E-state index contributed by atoms with van der Waals surface area (Å²) in [4.78, 5) is 11.4. The topological polar surface area (TPSA) is 29.1 Å². The van der Waals surface area contributed by atoms with E-state index < -0.39 is 0 Å². The Morgan fingerprint density at radius 1 is 1.27 bits per heavy atom. The van der Waals surface area contributed by atoms with Gasteiger partial charge in [-0.05, 0) is 17.4 Å². The molecule has 0 aromatic heterocycles. The Bertz CT molecular complexity index is 345. The summed E-state index contributed by atoms with van der Waals surface area (Å²) in [7, 11) is 0. The van der Waals surface area contributed by atoms with Gasteiger partial charge in [-0.2, -0.15) is 0 Å². The van der Waals surface area contributed by atoms with Crippen LogP contribution in [0.4, 0.5) is 0 Å². The summed E-state index contributed by atoms with van der Waals surface area (Å²) < 4.78 is 0. The Morgan fingerprint density at radius 2 is 1.93 bits per heavy atom. The van der Waals surface area contributed by atoms with Gasteiger partial charge in [0.25, 0.3) is 0 Å². The van der Waals surface area contributed by atoms with E-state index in [4.69, 9.17) is 0 Å². The number of carbonyl (C=O) groups excluding carboxylic acids is 1. The predicted molar refractivity (Wildman–Crippen MR) is 60.3 cm³/mol. The van der Waals surface area contributed by atoms with Crippen LogP contribution < -0.4 is 5.32 Å². The molecule has 1 heterocycles. The lowest BCUT2D eigenvalue weighted by Crippen LogP contribution is -2.22. The number of nitrogens with one attached hydrogen (secondary N) is 1. The zero-order valence-electron chi connectivity index (χ0n) is 9.23. The second-order valence-electron chi connectivity index (χ2n) is 4.57. The first kappa shape index (κ1) is 10.2. The molecule has 15 heavy (non-hydrogen) atoms. The van der Waals surface area contributed by atoms with Crippen molar-refractivity contribution in [1.82, 2.24) is 5.32 Å². The number of benzene rings is 1. The number of rotatable bonds is 2. The average Bonchev–Trinajstić information content (AvgIpc) is 2.62. The van der Waals surface area contributed by atoms with E-state index in [2.05, 4.69) is 31.3 Å². The minimum absolute atomic E-state index is 0.183. The van der Waals surface area contributed by atoms with Gasteiger partial charge in [-0.25, -0.2) is 0 Å². The lowest BCUT2D eigenvalue weighted by Gasteiger charge is -2.22. The molecule has 1 amide bonds. The molecule has 2 nitrogen and oxygen atoms in total. The molecule has 1 aromatic carbocycles. The summed E-state index contributed by atoms with van der Waals surface area (Å²) in [5.41, 5.74) is 1.22. The first-order valence-electron chi connectivity index (χ1n) is 5.53. The highest BCUT2D eigenvalue weighted by atomic mass is 16.2. The maximum absolute atomic E-state index is 11.4. The van der Waals surface area contributed by atoms with Gasteiger partial charge in [0.15, 0.2) is 0 Å². The maximum atomic E-state index is 11.4. The van der Waals surface area contributed by atoms with E-state index in [0.29, 0.717) is 18.3 Å². The van der Waals surface area contributed by atoms with Crippen molar-refractivity contribution < 1.29 is 4.79 Å². The van der Waals surface area contributed by atoms with Crippen LogP contribution in [-0.2, 0) is 4.79 Å². The molecule has 80 valence electrons. The quantitative estimate of drug-likeness (QED) is 0.786. The first-order valence-corrected chi connectivity index (χ1v) is 5.53. The van der Waals surface area contributed by atoms with Crippen LogP contribution in [0.15, 0.2) is 30.3 Å². The van der Waals surface area contributed by atoms with Crippen molar-refractivity contribution in [2.45, 2.75) is 26.3 Å². The zero-order valence-corrected chi connectivity index (χ0v) is 9.23. The van der Waals surface area contributed by atoms with E-state index in [-0.39, 0.29) is 11.9 Å². The van der Waals surface area contributed by atoms with Crippen molar-refractivity contribution in [3.05, 3.63) is 35.9 Å². The van der Waals surface area contributed by atoms with Crippen LogP contribution in [0.3, 0.4) is 0 Å². The second-order valence-corrected chi connectivity index (χ2v) is 4.57. The Morgan fingerprint density at radius 3 is 2.53 bits per heavy atom. The van der Waals surface area contributed by atoms with Crippen LogP contribution in [0.5, 0.6) is 0 Å². The predicted octanol–water partition coefficient (Wildman–Crippen LogP) is 2.52. The van der Waals surface area contributed by atoms with E-state index in [1.54, 1.807) is 0 Å². The molecule has 1 fully saturated rings. The van der Waals surface area contributed by atoms with Gasteiger partial charge in [-0.3, -0.25) is 4.79 Å². The fraction of sp³-hybridized carbons (Fsp3) is 0.462. The maximum Gasteiger partial charge on any atom is 0.220 e. The molecular formula is C13H17NO. The molecule has 0 aliphatic carbocycles. The molecule has 0 spiro atoms. The van der Waals surface area contributed by atoms with Crippen molar-refractivity contribution >= 4 is 5.91 Å². The summed E-state index contributed by atoms with van der Waals surface area (Å²) in [6.45, 7) is 4.36. The fourth-order valence-corrected chi connectivity index (χ4v) is 2.28. The SMILES string of the molecule is CC(C)C1CC(=O)N[C@H]1c1ccccc1. The smallest absolute Gasteiger partial charge is 0.220 e. The van der Waals surface area contributed by atoms with E-state index in [0.717, 1.165) is 0 Å². The summed E-state index contributed by atoms with van der Waals surface area (Å²) in [5, 5.41) is 3.06. The van der Waals surface area contributed by atoms with Crippen LogP contribution in [-0.4, -0.2) is 5.91 Å². The second kappa shape index (κ2) is 4.05. The van der Waals surface area contributed by atoms with Crippen LogP contribution >= 0.6 is 0 Å². The molecule has 2 atom stereocenters. The zero-order chi connectivity index (χ0) is 10.8. The monoisotopic (exact) mass is 203 g/mol. The van der Waals surface area contributed by atoms with E-state index >= 15 is 0 Å². The molecule has 0 saturated carbocycles. The third kappa shape index (κ3) is 2.04. The summed E-state index contributed by atoms with van der Waals surface area (Å²) in [6.07, 6.45) is 0.664. The van der Waals surface area contributed by atoms with Gasteiger partial charge in [0.2, 0.25) is 5.91 Å². The highest BCUT2D eigenvalue weighted by Gasteiger charge is 2.34. The number of carbonyl (C=O) groups is 1. The Kier molecular flexibility index (Phi) is 2.76. The van der Waals surface area contributed by atoms with Crippen molar-refractivity contribution in [3.63, 3.8) is 0 Å². The molecule has 2 heteroatoms. The van der Waals surface area contributed by atoms with Crippen molar-refractivity contribution in [2.75, 3.05) is 0 Å². The van der Waals surface area contributed by atoms with E-state index in [9.17, 15) is 4.79 Å². The molecule has 1 aliphatic rings. The fourth-order valence-electron chi connectivity index (χ4n) is 2.28. The molecule has 1 N–H and O–H groups in total. The van der Waals surface area contributed by atoms with Gasteiger partial charge in [0.1, 0.15) is 0 Å². The molecular weight excluding hydrogens is 186 g/mol. The highest BCUT2D eigenvalue weighted by Crippen LogP contribution is 2.35. The summed E-state index contributed by atoms with van der Waals surface area (Å²) >= 11 is 0. The van der Waals surface area contributed by atoms with Gasteiger partial charge >= 0.3 is 0 Å². The molecule has 1 saturated heterocycles. The van der Waals surface area contributed by atoms with E-state index in [1.807, 2.05) is 18.2 Å².